The molecule has 0 unspecified atom stereocenters. The van der Waals surface area contributed by atoms with Crippen LogP contribution < -0.4 is 11.1 Å². The van der Waals surface area contributed by atoms with Gasteiger partial charge in [-0.05, 0) is 32.2 Å². The fraction of sp³-hybridized carbons (Fsp3) is 0.857. The molecule has 6 nitrogen and oxygen atoms in total. The molecule has 6 heteroatoms. The Balaban J connectivity index is 2.30. The van der Waals surface area contributed by atoms with E-state index in [2.05, 4.69) is 19.2 Å². The molecule has 1 aliphatic rings. The largest absolute Gasteiger partial charge is 0.480 e. The Morgan fingerprint density at radius 3 is 2.70 bits per heavy atom. The van der Waals surface area contributed by atoms with E-state index in [-0.39, 0.29) is 5.91 Å². The van der Waals surface area contributed by atoms with Crippen molar-refractivity contribution in [1.82, 2.24) is 10.2 Å². The standard InChI is InChI=1S/C14H27N3O3/c1-10(2)16-8-4-3-6-11(15)13(18)17-9-5-7-12(17)14(19)20/h10-12,16H,3-9,15H2,1-2H3,(H,19,20)/t11-,12-/m0/s1. The molecule has 0 bridgehead atoms. The van der Waals surface area contributed by atoms with Crippen LogP contribution in [0.15, 0.2) is 0 Å². The number of aliphatic carboxylic acids is 1. The SMILES string of the molecule is CC(C)NCCCC[C@H](N)C(=O)N1CCC[C@H]1C(=O)O. The molecule has 116 valence electrons. The maximum absolute atomic E-state index is 12.2. The van der Waals surface area contributed by atoms with Crippen LogP contribution in [-0.4, -0.2) is 53.1 Å². The summed E-state index contributed by atoms with van der Waals surface area (Å²) >= 11 is 0. The average Bonchev–Trinajstić information content (AvgIpc) is 2.86. The van der Waals surface area contributed by atoms with E-state index < -0.39 is 18.1 Å². The van der Waals surface area contributed by atoms with Gasteiger partial charge in [-0.3, -0.25) is 4.79 Å². The lowest BCUT2D eigenvalue weighted by molar-refractivity contribution is -0.148. The number of hydrogen-bond acceptors (Lipinski definition) is 4. The summed E-state index contributed by atoms with van der Waals surface area (Å²) < 4.78 is 0. The Morgan fingerprint density at radius 1 is 1.40 bits per heavy atom. The highest BCUT2D eigenvalue weighted by Gasteiger charge is 2.35. The van der Waals surface area contributed by atoms with Gasteiger partial charge < -0.3 is 21.1 Å². The number of carbonyl (C=O) groups excluding carboxylic acids is 1. The van der Waals surface area contributed by atoms with Crippen LogP contribution in [0.1, 0.15) is 46.0 Å². The summed E-state index contributed by atoms with van der Waals surface area (Å²) in [5.74, 6) is -1.14. The molecule has 1 fully saturated rings. The van der Waals surface area contributed by atoms with Crippen LogP contribution in [-0.2, 0) is 9.59 Å². The molecule has 0 aromatic carbocycles. The van der Waals surface area contributed by atoms with Gasteiger partial charge in [0.15, 0.2) is 0 Å². The zero-order chi connectivity index (χ0) is 15.1. The van der Waals surface area contributed by atoms with E-state index in [1.807, 2.05) is 0 Å². The van der Waals surface area contributed by atoms with Crippen molar-refractivity contribution in [3.8, 4) is 0 Å². The zero-order valence-corrected chi connectivity index (χ0v) is 12.5. The number of hydrogen-bond donors (Lipinski definition) is 3. The van der Waals surface area contributed by atoms with Crippen LogP contribution in [0.5, 0.6) is 0 Å². The van der Waals surface area contributed by atoms with E-state index in [1.54, 1.807) is 0 Å². The van der Waals surface area contributed by atoms with E-state index in [9.17, 15) is 9.59 Å². The third kappa shape index (κ3) is 5.09. The number of nitrogens with zero attached hydrogens (tertiary/aromatic N) is 1. The fourth-order valence-corrected chi connectivity index (χ4v) is 2.50. The Labute approximate surface area is 120 Å². The maximum atomic E-state index is 12.2. The minimum Gasteiger partial charge on any atom is -0.480 e. The first-order chi connectivity index (χ1) is 9.43. The monoisotopic (exact) mass is 285 g/mol. The van der Waals surface area contributed by atoms with Gasteiger partial charge >= 0.3 is 5.97 Å². The Hall–Kier alpha value is -1.14. The van der Waals surface area contributed by atoms with Crippen LogP contribution in [0.3, 0.4) is 0 Å². The second-order valence-electron chi connectivity index (χ2n) is 5.74. The molecular formula is C14H27N3O3. The number of carboxylic acid groups (broad SMARTS) is 1. The summed E-state index contributed by atoms with van der Waals surface area (Å²) in [4.78, 5) is 24.6. The molecule has 0 radical (unpaired) electrons. The normalized spacial score (nSPS) is 20.4. The molecule has 1 amide bonds. The second kappa shape index (κ2) is 8.21. The molecule has 0 aliphatic carbocycles. The molecule has 1 rings (SSSR count). The minimum atomic E-state index is -0.927. The highest BCUT2D eigenvalue weighted by Crippen LogP contribution is 2.19. The summed E-state index contributed by atoms with van der Waals surface area (Å²) in [6, 6.07) is -0.795. The van der Waals surface area contributed by atoms with Crippen molar-refractivity contribution in [2.24, 2.45) is 5.73 Å². The van der Waals surface area contributed by atoms with Crippen molar-refractivity contribution in [3.05, 3.63) is 0 Å². The molecule has 4 N–H and O–H groups in total. The van der Waals surface area contributed by atoms with Crippen molar-refractivity contribution in [2.45, 2.75) is 64.1 Å². The molecule has 0 aromatic rings. The molecule has 0 saturated carbocycles. The molecule has 20 heavy (non-hydrogen) atoms. The van der Waals surface area contributed by atoms with Crippen LogP contribution in [0.25, 0.3) is 0 Å². The number of carbonyl (C=O) groups is 2. The van der Waals surface area contributed by atoms with Crippen molar-refractivity contribution >= 4 is 11.9 Å². The number of unbranched alkanes of at least 4 members (excludes halogenated alkanes) is 1. The first kappa shape index (κ1) is 16.9. The topological polar surface area (TPSA) is 95.7 Å². The average molecular weight is 285 g/mol. The highest BCUT2D eigenvalue weighted by atomic mass is 16.4. The first-order valence-corrected chi connectivity index (χ1v) is 7.45. The third-order valence-corrected chi connectivity index (χ3v) is 3.63. The number of rotatable bonds is 8. The minimum absolute atomic E-state index is 0.216. The van der Waals surface area contributed by atoms with Gasteiger partial charge in [0.25, 0.3) is 0 Å². The number of carboxylic acids is 1. The lowest BCUT2D eigenvalue weighted by atomic mass is 10.1. The summed E-state index contributed by atoms with van der Waals surface area (Å²) in [5.41, 5.74) is 5.90. The van der Waals surface area contributed by atoms with Gasteiger partial charge in [-0.2, -0.15) is 0 Å². The number of likely N-dealkylation sites (tertiary alicyclic amines) is 1. The molecule has 0 aromatic heterocycles. The molecule has 0 spiro atoms. The van der Waals surface area contributed by atoms with Gasteiger partial charge in [0.05, 0.1) is 6.04 Å². The summed E-state index contributed by atoms with van der Waals surface area (Å²) in [7, 11) is 0. The summed E-state index contributed by atoms with van der Waals surface area (Å²) in [6.07, 6.45) is 3.74. The third-order valence-electron chi connectivity index (χ3n) is 3.63. The van der Waals surface area contributed by atoms with Gasteiger partial charge in [0.1, 0.15) is 6.04 Å². The van der Waals surface area contributed by atoms with Gasteiger partial charge in [-0.25, -0.2) is 4.79 Å². The lowest BCUT2D eigenvalue weighted by Gasteiger charge is -2.24. The molecule has 2 atom stereocenters. The molecule has 1 saturated heterocycles. The van der Waals surface area contributed by atoms with E-state index in [4.69, 9.17) is 10.8 Å². The highest BCUT2D eigenvalue weighted by molar-refractivity contribution is 5.87. The van der Waals surface area contributed by atoms with Crippen molar-refractivity contribution in [2.75, 3.05) is 13.1 Å². The van der Waals surface area contributed by atoms with Crippen molar-refractivity contribution in [1.29, 1.82) is 0 Å². The maximum Gasteiger partial charge on any atom is 0.326 e. The Morgan fingerprint density at radius 2 is 2.10 bits per heavy atom. The predicted octanol–water partition coefficient (Wildman–Crippen LogP) is 0.558. The lowest BCUT2D eigenvalue weighted by Crippen LogP contribution is -2.48. The summed E-state index contributed by atoms with van der Waals surface area (Å²) in [5, 5.41) is 12.4. The summed E-state index contributed by atoms with van der Waals surface area (Å²) in [6.45, 7) is 5.61. The van der Waals surface area contributed by atoms with E-state index in [0.717, 1.165) is 25.8 Å². The van der Waals surface area contributed by atoms with E-state index in [1.165, 1.54) is 4.90 Å². The van der Waals surface area contributed by atoms with Crippen molar-refractivity contribution < 1.29 is 14.7 Å². The predicted molar refractivity (Wildman–Crippen MR) is 77.3 cm³/mol. The van der Waals surface area contributed by atoms with Crippen LogP contribution in [0, 0.1) is 0 Å². The molecule has 1 aliphatic heterocycles. The Bertz CT molecular complexity index is 334. The second-order valence-corrected chi connectivity index (χ2v) is 5.74. The van der Waals surface area contributed by atoms with Crippen LogP contribution >= 0.6 is 0 Å². The molecule has 1 heterocycles. The quantitative estimate of drug-likeness (QED) is 0.566. The van der Waals surface area contributed by atoms with Gasteiger partial charge in [0, 0.05) is 12.6 Å². The van der Waals surface area contributed by atoms with Crippen LogP contribution in [0.2, 0.25) is 0 Å². The zero-order valence-electron chi connectivity index (χ0n) is 12.5. The smallest absolute Gasteiger partial charge is 0.326 e. The number of nitrogens with two attached hydrogens (primary N) is 1. The van der Waals surface area contributed by atoms with E-state index >= 15 is 0 Å². The van der Waals surface area contributed by atoms with E-state index in [0.29, 0.717) is 25.4 Å². The van der Waals surface area contributed by atoms with Crippen LogP contribution in [0.4, 0.5) is 0 Å². The van der Waals surface area contributed by atoms with Gasteiger partial charge in [-0.15, -0.1) is 0 Å². The van der Waals surface area contributed by atoms with Crippen molar-refractivity contribution in [3.63, 3.8) is 0 Å². The first-order valence-electron chi connectivity index (χ1n) is 7.45. The number of amides is 1. The fourth-order valence-electron chi connectivity index (χ4n) is 2.50. The van der Waals surface area contributed by atoms with Gasteiger partial charge in [0.2, 0.25) is 5.91 Å². The van der Waals surface area contributed by atoms with Gasteiger partial charge in [-0.1, -0.05) is 20.3 Å². The molecular weight excluding hydrogens is 258 g/mol. The number of nitrogens with one attached hydrogen (secondary N) is 1. The Kier molecular flexibility index (Phi) is 6.95.